The molecule has 0 aliphatic carbocycles. The normalized spacial score (nSPS) is 16.7. The molecule has 0 atom stereocenters. The van der Waals surface area contributed by atoms with Gasteiger partial charge in [0.05, 0.1) is 18.9 Å². The van der Waals surface area contributed by atoms with E-state index in [1.165, 1.54) is 12.1 Å². The van der Waals surface area contributed by atoms with Crippen LogP contribution in [0, 0.1) is 5.82 Å². The number of ether oxygens (including phenoxy) is 1. The molecule has 2 aliphatic rings. The first kappa shape index (κ1) is 25.0. The van der Waals surface area contributed by atoms with Gasteiger partial charge in [-0.1, -0.05) is 12.1 Å². The van der Waals surface area contributed by atoms with Crippen LogP contribution in [-0.4, -0.2) is 67.6 Å². The van der Waals surface area contributed by atoms with E-state index in [1.807, 2.05) is 24.3 Å². The third-order valence-corrected chi connectivity index (χ3v) is 6.62. The zero-order valence-corrected chi connectivity index (χ0v) is 20.6. The summed E-state index contributed by atoms with van der Waals surface area (Å²) in [5.74, 6) is 2.91. The molecule has 0 amide bonds. The molecule has 186 valence electrons. The molecular formula is C26H31ClFN5O2. The molecule has 35 heavy (non-hydrogen) atoms. The fraction of sp³-hybridized carbons (Fsp3) is 0.385. The van der Waals surface area contributed by atoms with Crippen molar-refractivity contribution in [3.05, 3.63) is 60.4 Å². The molecule has 2 saturated heterocycles. The number of rotatable bonds is 5. The second-order valence-electron chi connectivity index (χ2n) is 8.78. The fourth-order valence-electron chi connectivity index (χ4n) is 4.64. The Balaban J connectivity index is 0.00000289. The fourth-order valence-corrected chi connectivity index (χ4v) is 4.64. The van der Waals surface area contributed by atoms with E-state index in [0.29, 0.717) is 5.82 Å². The maximum Gasteiger partial charge on any atom is 0.163 e. The minimum Gasteiger partial charge on any atom is -0.495 e. The van der Waals surface area contributed by atoms with E-state index in [1.54, 1.807) is 19.2 Å². The molecule has 0 radical (unpaired) electrons. The topological polar surface area (TPSA) is 65.0 Å². The predicted molar refractivity (Wildman–Crippen MR) is 140 cm³/mol. The molecule has 5 rings (SSSR count). The van der Waals surface area contributed by atoms with Gasteiger partial charge in [0.15, 0.2) is 5.82 Å². The van der Waals surface area contributed by atoms with E-state index in [2.05, 4.69) is 20.8 Å². The van der Waals surface area contributed by atoms with E-state index in [4.69, 9.17) is 14.7 Å². The van der Waals surface area contributed by atoms with Gasteiger partial charge in [-0.3, -0.25) is 0 Å². The number of piperazine rings is 1. The minimum absolute atomic E-state index is 0. The van der Waals surface area contributed by atoms with Crippen molar-refractivity contribution in [2.45, 2.75) is 18.9 Å². The van der Waals surface area contributed by atoms with Gasteiger partial charge < -0.3 is 24.5 Å². The smallest absolute Gasteiger partial charge is 0.163 e. The van der Waals surface area contributed by atoms with E-state index in [0.717, 1.165) is 80.7 Å². The first-order valence-corrected chi connectivity index (χ1v) is 11.8. The number of aliphatic hydroxyl groups is 1. The molecule has 1 aromatic heterocycles. The number of piperidine rings is 1. The quantitative estimate of drug-likeness (QED) is 0.569. The molecular weight excluding hydrogens is 469 g/mol. The summed E-state index contributed by atoms with van der Waals surface area (Å²) in [7, 11) is 1.70. The highest BCUT2D eigenvalue weighted by atomic mass is 35.5. The van der Waals surface area contributed by atoms with Crippen LogP contribution in [0.5, 0.6) is 5.75 Å². The molecule has 2 aromatic carbocycles. The molecule has 7 nitrogen and oxygen atoms in total. The Hall–Kier alpha value is -3.10. The van der Waals surface area contributed by atoms with Crippen molar-refractivity contribution in [3.8, 4) is 17.1 Å². The molecule has 2 fully saturated rings. The Bertz CT molecular complexity index is 1120. The Kier molecular flexibility index (Phi) is 7.93. The molecule has 3 aromatic rings. The van der Waals surface area contributed by atoms with Gasteiger partial charge in [0, 0.05) is 50.9 Å². The van der Waals surface area contributed by atoms with Gasteiger partial charge in [-0.15, -0.1) is 12.4 Å². The summed E-state index contributed by atoms with van der Waals surface area (Å²) in [4.78, 5) is 16.5. The number of hydrogen-bond acceptors (Lipinski definition) is 7. The SMILES string of the molecule is COc1ccccc1N1CCN(c2cc(N3CCC(O)CC3)nc(-c3ccc(F)cc3)n2)CC1.Cl. The van der Waals surface area contributed by atoms with Crippen LogP contribution in [0.25, 0.3) is 11.4 Å². The number of para-hydroxylation sites is 2. The van der Waals surface area contributed by atoms with Crippen molar-refractivity contribution in [1.29, 1.82) is 0 Å². The Morgan fingerprint density at radius 1 is 0.829 bits per heavy atom. The van der Waals surface area contributed by atoms with Gasteiger partial charge in [-0.25, -0.2) is 14.4 Å². The van der Waals surface area contributed by atoms with Gasteiger partial charge >= 0.3 is 0 Å². The first-order chi connectivity index (χ1) is 16.6. The molecule has 9 heteroatoms. The van der Waals surface area contributed by atoms with Crippen LogP contribution in [-0.2, 0) is 0 Å². The lowest BCUT2D eigenvalue weighted by Crippen LogP contribution is -2.47. The number of aliphatic hydroxyl groups excluding tert-OH is 1. The number of hydrogen-bond donors (Lipinski definition) is 1. The van der Waals surface area contributed by atoms with Crippen LogP contribution in [0.3, 0.4) is 0 Å². The Morgan fingerprint density at radius 3 is 2.03 bits per heavy atom. The minimum atomic E-state index is -0.280. The Morgan fingerprint density at radius 2 is 1.40 bits per heavy atom. The highest BCUT2D eigenvalue weighted by Gasteiger charge is 2.24. The third kappa shape index (κ3) is 5.60. The summed E-state index contributed by atoms with van der Waals surface area (Å²) in [6.07, 6.45) is 1.20. The van der Waals surface area contributed by atoms with Crippen molar-refractivity contribution in [2.75, 3.05) is 61.1 Å². The van der Waals surface area contributed by atoms with Crippen molar-refractivity contribution >= 4 is 29.7 Å². The summed E-state index contributed by atoms with van der Waals surface area (Å²) in [5.41, 5.74) is 1.89. The Labute approximate surface area is 211 Å². The zero-order chi connectivity index (χ0) is 23.5. The number of methoxy groups -OCH3 is 1. The lowest BCUT2D eigenvalue weighted by Gasteiger charge is -2.38. The number of halogens is 2. The number of aromatic nitrogens is 2. The molecule has 0 bridgehead atoms. The number of anilines is 3. The maximum absolute atomic E-state index is 13.5. The zero-order valence-electron chi connectivity index (χ0n) is 19.8. The monoisotopic (exact) mass is 499 g/mol. The van der Waals surface area contributed by atoms with Crippen molar-refractivity contribution in [2.24, 2.45) is 0 Å². The van der Waals surface area contributed by atoms with Crippen LogP contribution >= 0.6 is 12.4 Å². The average Bonchev–Trinajstić information content (AvgIpc) is 2.89. The van der Waals surface area contributed by atoms with Crippen LogP contribution in [0.4, 0.5) is 21.7 Å². The van der Waals surface area contributed by atoms with E-state index in [9.17, 15) is 9.50 Å². The summed E-state index contributed by atoms with van der Waals surface area (Å²) < 4.78 is 19.1. The summed E-state index contributed by atoms with van der Waals surface area (Å²) in [5, 5.41) is 9.93. The van der Waals surface area contributed by atoms with Crippen LogP contribution in [0.1, 0.15) is 12.8 Å². The summed E-state index contributed by atoms with van der Waals surface area (Å²) >= 11 is 0. The van der Waals surface area contributed by atoms with E-state index in [-0.39, 0.29) is 24.3 Å². The van der Waals surface area contributed by atoms with Crippen LogP contribution < -0.4 is 19.4 Å². The van der Waals surface area contributed by atoms with Crippen LogP contribution in [0.2, 0.25) is 0 Å². The second-order valence-corrected chi connectivity index (χ2v) is 8.78. The van der Waals surface area contributed by atoms with Gasteiger partial charge in [0.2, 0.25) is 0 Å². The highest BCUT2D eigenvalue weighted by Crippen LogP contribution is 2.31. The van der Waals surface area contributed by atoms with E-state index >= 15 is 0 Å². The second kappa shape index (κ2) is 11.1. The summed E-state index contributed by atoms with van der Waals surface area (Å²) in [6.45, 7) is 4.83. The molecule has 0 saturated carbocycles. The van der Waals surface area contributed by atoms with Gasteiger partial charge in [0.1, 0.15) is 23.2 Å². The molecule has 3 heterocycles. The van der Waals surface area contributed by atoms with Crippen LogP contribution in [0.15, 0.2) is 54.6 Å². The third-order valence-electron chi connectivity index (χ3n) is 6.62. The largest absolute Gasteiger partial charge is 0.495 e. The highest BCUT2D eigenvalue weighted by molar-refractivity contribution is 5.85. The standard InChI is InChI=1S/C26H30FN5O2.ClH/c1-34-23-5-3-2-4-22(23)30-14-16-32(17-15-30)25-18-24(31-12-10-21(33)11-13-31)28-26(29-25)19-6-8-20(27)9-7-19;/h2-9,18,21,33H,10-17H2,1H3;1H. The molecule has 2 aliphatic heterocycles. The number of benzene rings is 2. The first-order valence-electron chi connectivity index (χ1n) is 11.8. The molecule has 0 unspecified atom stereocenters. The van der Waals surface area contributed by atoms with Gasteiger partial charge in [0.25, 0.3) is 0 Å². The number of nitrogens with zero attached hydrogens (tertiary/aromatic N) is 5. The van der Waals surface area contributed by atoms with E-state index < -0.39 is 0 Å². The maximum atomic E-state index is 13.5. The van der Waals surface area contributed by atoms with Crippen molar-refractivity contribution in [1.82, 2.24) is 9.97 Å². The molecule has 1 N–H and O–H groups in total. The van der Waals surface area contributed by atoms with Gasteiger partial charge in [-0.05, 0) is 49.2 Å². The average molecular weight is 500 g/mol. The summed E-state index contributed by atoms with van der Waals surface area (Å²) in [6, 6.07) is 16.5. The lowest BCUT2D eigenvalue weighted by atomic mass is 10.1. The predicted octanol–water partition coefficient (Wildman–Crippen LogP) is 4.00. The lowest BCUT2D eigenvalue weighted by molar-refractivity contribution is 0.145. The van der Waals surface area contributed by atoms with Crippen molar-refractivity contribution < 1.29 is 14.2 Å². The van der Waals surface area contributed by atoms with Gasteiger partial charge in [-0.2, -0.15) is 0 Å². The van der Waals surface area contributed by atoms with Crippen molar-refractivity contribution in [3.63, 3.8) is 0 Å². The molecule has 0 spiro atoms.